The van der Waals surface area contributed by atoms with Gasteiger partial charge in [-0.05, 0) is 32.3 Å². The number of rotatable bonds is 2. The molecule has 1 saturated carbocycles. The van der Waals surface area contributed by atoms with E-state index in [0.717, 1.165) is 0 Å². The summed E-state index contributed by atoms with van der Waals surface area (Å²) in [5.74, 6) is -1.49. The summed E-state index contributed by atoms with van der Waals surface area (Å²) in [5.41, 5.74) is -2.42. The smallest absolute Gasteiger partial charge is 0.410 e. The van der Waals surface area contributed by atoms with Gasteiger partial charge in [-0.1, -0.05) is 6.08 Å². The Labute approximate surface area is 187 Å². The number of piperidine rings is 1. The molecular weight excluding hydrogens is 412 g/mol. The number of nitrogens with one attached hydrogen (secondary N) is 1. The number of ether oxygens (including phenoxy) is 2. The van der Waals surface area contributed by atoms with Gasteiger partial charge in [0.25, 0.3) is 0 Å². The molecular formula is C22H26N6O4. The Kier molecular flexibility index (Phi) is 6.41. The Hall–Kier alpha value is -3.58. The quantitative estimate of drug-likeness (QED) is 0.649. The second-order valence-electron chi connectivity index (χ2n) is 8.15. The lowest BCUT2D eigenvalue weighted by atomic mass is 9.44. The lowest BCUT2D eigenvalue weighted by Gasteiger charge is -2.58. The van der Waals surface area contributed by atoms with E-state index in [0.29, 0.717) is 5.57 Å². The highest BCUT2D eigenvalue weighted by atomic mass is 16.6. The predicted molar refractivity (Wildman–Crippen MR) is 111 cm³/mol. The highest BCUT2D eigenvalue weighted by Gasteiger charge is 2.67. The Morgan fingerprint density at radius 3 is 2.16 bits per heavy atom. The standard InChI is InChI=1S/C22H26N6O4/c1-3-31-19(29)27-9-6-21(7-10-27)17-12-28(20(30)32-4-2)8-5-15(17)16(11-23)18(26)22(21,13-24)14-25/h5,16-17,26H,3-4,6-10,12H2,1-2H3. The number of amides is 2. The molecule has 0 aromatic carbocycles. The van der Waals surface area contributed by atoms with Crippen molar-refractivity contribution in [3.8, 4) is 18.2 Å². The van der Waals surface area contributed by atoms with Crippen LogP contribution in [0.25, 0.3) is 0 Å². The van der Waals surface area contributed by atoms with Gasteiger partial charge in [-0.3, -0.25) is 0 Å². The molecule has 0 bridgehead atoms. The third-order valence-electron chi connectivity index (χ3n) is 6.96. The minimum absolute atomic E-state index is 0.181. The fourth-order valence-electron chi connectivity index (χ4n) is 5.38. The fourth-order valence-corrected chi connectivity index (χ4v) is 5.38. The number of likely N-dealkylation sites (tertiary alicyclic amines) is 1. The summed E-state index contributed by atoms with van der Waals surface area (Å²) in [7, 11) is 0. The van der Waals surface area contributed by atoms with Gasteiger partial charge in [-0.15, -0.1) is 0 Å². The Bertz CT molecular complexity index is 946. The van der Waals surface area contributed by atoms with Gasteiger partial charge in [0, 0.05) is 37.5 Å². The van der Waals surface area contributed by atoms with E-state index >= 15 is 0 Å². The van der Waals surface area contributed by atoms with Gasteiger partial charge in [0.15, 0.2) is 5.41 Å². The van der Waals surface area contributed by atoms with Gasteiger partial charge in [-0.2, -0.15) is 15.8 Å². The molecule has 1 N–H and O–H groups in total. The summed E-state index contributed by atoms with van der Waals surface area (Å²) in [6, 6.07) is 6.26. The van der Waals surface area contributed by atoms with Gasteiger partial charge in [0.05, 0.1) is 37.1 Å². The third kappa shape index (κ3) is 3.26. The Morgan fingerprint density at radius 2 is 1.66 bits per heavy atom. The van der Waals surface area contributed by atoms with Crippen molar-refractivity contribution in [2.45, 2.75) is 26.7 Å². The minimum atomic E-state index is -1.84. The highest BCUT2D eigenvalue weighted by Crippen LogP contribution is 2.61. The van der Waals surface area contributed by atoms with Crippen LogP contribution in [0.1, 0.15) is 26.7 Å². The lowest BCUT2D eigenvalue weighted by molar-refractivity contribution is -0.00596. The summed E-state index contributed by atoms with van der Waals surface area (Å²) < 4.78 is 10.2. The maximum atomic E-state index is 12.4. The minimum Gasteiger partial charge on any atom is -0.450 e. The molecule has 3 aliphatic rings. The number of fused-ring (bicyclic) bond motifs is 2. The summed E-state index contributed by atoms with van der Waals surface area (Å²) in [5, 5.41) is 38.9. The van der Waals surface area contributed by atoms with E-state index in [1.165, 1.54) is 9.80 Å². The van der Waals surface area contributed by atoms with Crippen LogP contribution in [0.2, 0.25) is 0 Å². The van der Waals surface area contributed by atoms with Gasteiger partial charge in [0.1, 0.15) is 5.92 Å². The molecule has 2 atom stereocenters. The number of hydrogen-bond donors (Lipinski definition) is 1. The van der Waals surface area contributed by atoms with Crippen LogP contribution in [0.4, 0.5) is 9.59 Å². The van der Waals surface area contributed by atoms with E-state index in [9.17, 15) is 25.4 Å². The molecule has 0 aromatic heterocycles. The molecule has 2 unspecified atom stereocenters. The van der Waals surface area contributed by atoms with Crippen LogP contribution >= 0.6 is 0 Å². The van der Waals surface area contributed by atoms with Crippen molar-refractivity contribution in [3.63, 3.8) is 0 Å². The summed E-state index contributed by atoms with van der Waals surface area (Å²) in [6.07, 6.45) is 1.33. The van der Waals surface area contributed by atoms with Crippen molar-refractivity contribution in [2.24, 2.45) is 22.7 Å². The maximum absolute atomic E-state index is 12.4. The molecule has 0 radical (unpaired) electrons. The first-order chi connectivity index (χ1) is 15.4. The van der Waals surface area contributed by atoms with Crippen LogP contribution in [0, 0.1) is 62.1 Å². The molecule has 2 amide bonds. The van der Waals surface area contributed by atoms with Crippen molar-refractivity contribution in [1.82, 2.24) is 9.80 Å². The number of carbonyl (C=O) groups excluding carboxylic acids is 2. The molecule has 0 aromatic rings. The van der Waals surface area contributed by atoms with E-state index in [1.807, 2.05) is 0 Å². The summed E-state index contributed by atoms with van der Waals surface area (Å²) >= 11 is 0. The topological polar surface area (TPSA) is 154 Å². The van der Waals surface area contributed by atoms with Gasteiger partial charge in [0.2, 0.25) is 0 Å². The zero-order valence-corrected chi connectivity index (χ0v) is 18.3. The lowest BCUT2D eigenvalue weighted by Crippen LogP contribution is -2.64. The van der Waals surface area contributed by atoms with Crippen molar-refractivity contribution < 1.29 is 19.1 Å². The van der Waals surface area contributed by atoms with Gasteiger partial charge < -0.3 is 24.7 Å². The van der Waals surface area contributed by atoms with Crippen LogP contribution < -0.4 is 0 Å². The normalized spacial score (nSPS) is 25.5. The second-order valence-corrected chi connectivity index (χ2v) is 8.15. The average Bonchev–Trinajstić information content (AvgIpc) is 2.81. The van der Waals surface area contributed by atoms with E-state index in [1.54, 1.807) is 19.9 Å². The van der Waals surface area contributed by atoms with Gasteiger partial charge in [-0.25, -0.2) is 9.59 Å². The summed E-state index contributed by atoms with van der Waals surface area (Å²) in [6.45, 7) is 4.78. The highest BCUT2D eigenvalue weighted by molar-refractivity contribution is 6.00. The van der Waals surface area contributed by atoms with Crippen molar-refractivity contribution >= 4 is 17.9 Å². The van der Waals surface area contributed by atoms with E-state index in [2.05, 4.69) is 18.2 Å². The molecule has 2 aliphatic heterocycles. The maximum Gasteiger partial charge on any atom is 0.410 e. The number of carbonyl (C=O) groups is 2. The molecule has 10 nitrogen and oxygen atoms in total. The number of nitrogens with zero attached hydrogens (tertiary/aromatic N) is 5. The van der Waals surface area contributed by atoms with Crippen LogP contribution in [0.5, 0.6) is 0 Å². The molecule has 1 saturated heterocycles. The number of hydrogen-bond acceptors (Lipinski definition) is 8. The van der Waals surface area contributed by atoms with Crippen molar-refractivity contribution in [3.05, 3.63) is 11.6 Å². The molecule has 3 rings (SSSR count). The number of nitriles is 3. The largest absolute Gasteiger partial charge is 0.450 e. The van der Waals surface area contributed by atoms with Crippen molar-refractivity contribution in [2.75, 3.05) is 39.4 Å². The van der Waals surface area contributed by atoms with Crippen LogP contribution in [-0.4, -0.2) is 67.1 Å². The summed E-state index contributed by atoms with van der Waals surface area (Å²) in [4.78, 5) is 27.7. The first kappa shape index (κ1) is 23.1. The molecule has 168 valence electrons. The molecule has 2 heterocycles. The SMILES string of the molecule is CCOC(=O)N1CCC2(CC1)C1CN(C(=O)OCC)CC=C1C(C#N)C(=N)C2(C#N)C#N. The zero-order chi connectivity index (χ0) is 23.5. The van der Waals surface area contributed by atoms with Gasteiger partial charge >= 0.3 is 12.2 Å². The van der Waals surface area contributed by atoms with E-state index in [-0.39, 0.29) is 57.9 Å². The molecule has 10 heteroatoms. The predicted octanol–water partition coefficient (Wildman–Crippen LogP) is 2.45. The first-order valence-electron chi connectivity index (χ1n) is 10.7. The molecule has 1 aliphatic carbocycles. The van der Waals surface area contributed by atoms with Crippen molar-refractivity contribution in [1.29, 1.82) is 21.2 Å². The van der Waals surface area contributed by atoms with Crippen LogP contribution in [0.3, 0.4) is 0 Å². The molecule has 2 fully saturated rings. The van der Waals surface area contributed by atoms with E-state index in [4.69, 9.17) is 14.9 Å². The fraction of sp³-hybridized carbons (Fsp3) is 0.636. The first-order valence-corrected chi connectivity index (χ1v) is 10.7. The van der Waals surface area contributed by atoms with Crippen LogP contribution in [-0.2, 0) is 9.47 Å². The average molecular weight is 438 g/mol. The van der Waals surface area contributed by atoms with E-state index < -0.39 is 34.9 Å². The molecule has 32 heavy (non-hydrogen) atoms. The zero-order valence-electron chi connectivity index (χ0n) is 18.3. The second kappa shape index (κ2) is 8.88. The third-order valence-corrected chi connectivity index (χ3v) is 6.96. The van der Waals surface area contributed by atoms with Crippen LogP contribution in [0.15, 0.2) is 11.6 Å². The molecule has 1 spiro atoms. The Balaban J connectivity index is 2.08. The monoisotopic (exact) mass is 438 g/mol. The Morgan fingerprint density at radius 1 is 1.09 bits per heavy atom.